The Hall–Kier alpha value is -4.07. The number of aromatic nitrogens is 1. The van der Waals surface area contributed by atoms with Crippen LogP contribution in [-0.4, -0.2) is 45.4 Å². The molecule has 1 saturated carbocycles. The lowest BCUT2D eigenvalue weighted by molar-refractivity contribution is -0.137. The highest BCUT2D eigenvalue weighted by Crippen LogP contribution is 2.46. The largest absolute Gasteiger partial charge is 0.478 e. The van der Waals surface area contributed by atoms with Gasteiger partial charge in [-0.05, 0) is 62.8 Å². The van der Waals surface area contributed by atoms with E-state index in [9.17, 15) is 35.9 Å². The molecule has 2 aliphatic heterocycles. The molecule has 3 aliphatic rings. The molecule has 2 unspecified atom stereocenters. The van der Waals surface area contributed by atoms with Crippen molar-refractivity contribution in [3.05, 3.63) is 70.5 Å². The first-order valence-electron chi connectivity index (χ1n) is 14.1. The summed E-state index contributed by atoms with van der Waals surface area (Å²) in [6.07, 6.45) is -6.22. The molecule has 44 heavy (non-hydrogen) atoms. The van der Waals surface area contributed by atoms with Crippen LogP contribution in [0.2, 0.25) is 0 Å². The van der Waals surface area contributed by atoms with Gasteiger partial charge in [0, 0.05) is 29.1 Å². The Labute approximate surface area is 247 Å². The van der Waals surface area contributed by atoms with Crippen LogP contribution in [0.5, 0.6) is 0 Å². The predicted molar refractivity (Wildman–Crippen MR) is 143 cm³/mol. The van der Waals surface area contributed by atoms with E-state index in [4.69, 9.17) is 14.4 Å². The Balaban J connectivity index is 1.17. The van der Waals surface area contributed by atoms with Crippen molar-refractivity contribution in [2.24, 2.45) is 0 Å². The normalized spacial score (nSPS) is 21.9. The van der Waals surface area contributed by atoms with Crippen molar-refractivity contribution in [3.8, 4) is 11.3 Å². The van der Waals surface area contributed by atoms with Gasteiger partial charge in [-0.1, -0.05) is 23.4 Å². The Bertz CT molecular complexity index is 1570. The van der Waals surface area contributed by atoms with Crippen LogP contribution >= 0.6 is 0 Å². The average Bonchev–Trinajstić information content (AvgIpc) is 3.66. The molecule has 0 radical (unpaired) electrons. The quantitative estimate of drug-likeness (QED) is 0.262. The maximum Gasteiger partial charge on any atom is 0.418 e. The SMILES string of the molecule is O=C(O)c1ccc(NC(=O)N2C3CCC2CC(OCc2c(-c4ccccc4C(F)(F)F)noc2C2CC2)C3)c(C(F)(F)F)c1. The summed E-state index contributed by atoms with van der Waals surface area (Å²) in [6.45, 7) is -0.0436. The first-order chi connectivity index (χ1) is 20.8. The number of fused-ring (bicyclic) bond motifs is 2. The van der Waals surface area contributed by atoms with E-state index in [1.54, 1.807) is 0 Å². The van der Waals surface area contributed by atoms with Gasteiger partial charge < -0.3 is 24.6 Å². The van der Waals surface area contributed by atoms with Crippen molar-refractivity contribution in [2.45, 2.75) is 81.6 Å². The number of rotatable bonds is 7. The Morgan fingerprint density at radius 2 is 1.61 bits per heavy atom. The number of nitrogens with zero attached hydrogens (tertiary/aromatic N) is 2. The Kier molecular flexibility index (Phi) is 7.58. The van der Waals surface area contributed by atoms with E-state index >= 15 is 0 Å². The van der Waals surface area contributed by atoms with Gasteiger partial charge in [0.05, 0.1) is 35.1 Å². The molecular weight excluding hydrogens is 596 g/mol. The molecule has 2 saturated heterocycles. The van der Waals surface area contributed by atoms with Gasteiger partial charge in [-0.3, -0.25) is 0 Å². The zero-order chi connectivity index (χ0) is 31.4. The second kappa shape index (κ2) is 11.1. The van der Waals surface area contributed by atoms with Gasteiger partial charge in [-0.15, -0.1) is 0 Å². The standard InChI is InChI=1S/C30H27F6N3O5/c31-29(32,33)22-4-2-1-3-20(22)25-21(26(44-38-25)15-5-6-15)14-43-19-12-17-8-9-18(13-19)39(17)28(42)37-24-10-7-16(27(40)41)11-23(24)30(34,35)36/h1-4,7,10-11,15,17-19H,5-6,8-9,12-14H2,(H,37,42)(H,40,41). The molecule has 1 aromatic heterocycles. The van der Waals surface area contributed by atoms with Crippen LogP contribution in [0.25, 0.3) is 11.3 Å². The van der Waals surface area contributed by atoms with Gasteiger partial charge in [-0.2, -0.15) is 26.3 Å². The molecule has 234 valence electrons. The number of hydrogen-bond acceptors (Lipinski definition) is 5. The summed E-state index contributed by atoms with van der Waals surface area (Å²) >= 11 is 0. The van der Waals surface area contributed by atoms with Crippen molar-refractivity contribution < 1.29 is 50.3 Å². The monoisotopic (exact) mass is 623 g/mol. The minimum Gasteiger partial charge on any atom is -0.478 e. The fraction of sp³-hybridized carbons (Fsp3) is 0.433. The number of carboxylic acid groups (broad SMARTS) is 1. The Morgan fingerprint density at radius 1 is 0.955 bits per heavy atom. The summed E-state index contributed by atoms with van der Waals surface area (Å²) in [6, 6.07) is 6.14. The van der Waals surface area contributed by atoms with E-state index in [-0.39, 0.29) is 42.0 Å². The van der Waals surface area contributed by atoms with E-state index < -0.39 is 46.7 Å². The van der Waals surface area contributed by atoms with Gasteiger partial charge in [0.2, 0.25) is 0 Å². The van der Waals surface area contributed by atoms with Crippen LogP contribution in [-0.2, 0) is 23.7 Å². The number of aromatic carboxylic acids is 1. The van der Waals surface area contributed by atoms with Gasteiger partial charge in [0.25, 0.3) is 0 Å². The molecule has 2 aromatic carbocycles. The van der Waals surface area contributed by atoms with E-state index in [0.717, 1.165) is 31.0 Å². The third kappa shape index (κ3) is 5.86. The molecule has 2 bridgehead atoms. The molecule has 6 rings (SSSR count). The van der Waals surface area contributed by atoms with E-state index in [1.807, 2.05) is 0 Å². The van der Waals surface area contributed by atoms with Gasteiger partial charge in [0.15, 0.2) is 0 Å². The number of alkyl halides is 6. The van der Waals surface area contributed by atoms with E-state index in [1.165, 1.54) is 23.1 Å². The Morgan fingerprint density at radius 3 is 2.23 bits per heavy atom. The van der Waals surface area contributed by atoms with E-state index in [0.29, 0.717) is 43.1 Å². The zero-order valence-electron chi connectivity index (χ0n) is 23.0. The molecule has 0 spiro atoms. The van der Waals surface area contributed by atoms with Crippen molar-refractivity contribution >= 4 is 17.7 Å². The summed E-state index contributed by atoms with van der Waals surface area (Å²) in [5.41, 5.74) is -2.77. The highest BCUT2D eigenvalue weighted by Gasteiger charge is 2.45. The summed E-state index contributed by atoms with van der Waals surface area (Å²) in [5, 5.41) is 15.4. The van der Waals surface area contributed by atoms with E-state index in [2.05, 4.69) is 10.5 Å². The second-order valence-electron chi connectivity index (χ2n) is 11.4. The number of ether oxygens (including phenoxy) is 1. The van der Waals surface area contributed by atoms with Crippen molar-refractivity contribution in [1.82, 2.24) is 10.1 Å². The van der Waals surface area contributed by atoms with Crippen LogP contribution in [0.1, 0.15) is 77.3 Å². The van der Waals surface area contributed by atoms with Crippen molar-refractivity contribution in [3.63, 3.8) is 0 Å². The third-order valence-electron chi connectivity index (χ3n) is 8.46. The molecule has 2 amide bonds. The van der Waals surface area contributed by atoms with Gasteiger partial charge in [0.1, 0.15) is 11.5 Å². The number of carbonyl (C=O) groups excluding carboxylic acids is 1. The molecule has 8 nitrogen and oxygen atoms in total. The number of anilines is 1. The number of hydrogen-bond donors (Lipinski definition) is 2. The lowest BCUT2D eigenvalue weighted by Gasteiger charge is -2.38. The molecule has 3 aromatic rings. The lowest BCUT2D eigenvalue weighted by atomic mass is 9.98. The highest BCUT2D eigenvalue weighted by atomic mass is 19.4. The smallest absolute Gasteiger partial charge is 0.418 e. The van der Waals surface area contributed by atoms with Crippen LogP contribution < -0.4 is 5.32 Å². The molecule has 3 fully saturated rings. The first kappa shape index (κ1) is 30.0. The maximum atomic E-state index is 13.8. The molecule has 2 atom stereocenters. The third-order valence-corrected chi connectivity index (χ3v) is 8.46. The number of carbonyl (C=O) groups is 2. The minimum absolute atomic E-state index is 0.0436. The predicted octanol–water partition coefficient (Wildman–Crippen LogP) is 7.70. The lowest BCUT2D eigenvalue weighted by Crippen LogP contribution is -2.50. The maximum absolute atomic E-state index is 13.8. The number of piperidine rings is 1. The molecule has 3 heterocycles. The number of amides is 2. The summed E-state index contributed by atoms with van der Waals surface area (Å²) in [7, 11) is 0. The molecule has 14 heteroatoms. The van der Waals surface area contributed by atoms with Gasteiger partial charge >= 0.3 is 24.4 Å². The van der Waals surface area contributed by atoms with Crippen molar-refractivity contribution in [2.75, 3.05) is 5.32 Å². The van der Waals surface area contributed by atoms with Crippen LogP contribution in [0.15, 0.2) is 47.0 Å². The van der Waals surface area contributed by atoms with Crippen LogP contribution in [0.4, 0.5) is 36.8 Å². The molecule has 1 aliphatic carbocycles. The second-order valence-corrected chi connectivity index (χ2v) is 11.4. The van der Waals surface area contributed by atoms with Crippen LogP contribution in [0.3, 0.4) is 0 Å². The molecule has 2 N–H and O–H groups in total. The number of halogens is 6. The van der Waals surface area contributed by atoms with Crippen LogP contribution in [0, 0.1) is 0 Å². The summed E-state index contributed by atoms with van der Waals surface area (Å²) in [4.78, 5) is 25.9. The number of urea groups is 1. The van der Waals surface area contributed by atoms with Crippen molar-refractivity contribution in [1.29, 1.82) is 0 Å². The number of nitrogens with one attached hydrogen (secondary N) is 1. The fourth-order valence-electron chi connectivity index (χ4n) is 6.27. The summed E-state index contributed by atoms with van der Waals surface area (Å²) in [5.74, 6) is -0.965. The zero-order valence-corrected chi connectivity index (χ0v) is 23.0. The fourth-order valence-corrected chi connectivity index (χ4v) is 6.27. The summed E-state index contributed by atoms with van der Waals surface area (Å²) < 4.78 is 94.1. The highest BCUT2D eigenvalue weighted by molar-refractivity contribution is 5.93. The number of benzene rings is 2. The minimum atomic E-state index is -4.89. The van der Waals surface area contributed by atoms with Gasteiger partial charge in [-0.25, -0.2) is 9.59 Å². The topological polar surface area (TPSA) is 105 Å². The number of carboxylic acids is 1. The molecular formula is C30H27F6N3O5. The average molecular weight is 624 g/mol. The first-order valence-corrected chi connectivity index (χ1v) is 14.1.